The van der Waals surface area contributed by atoms with Gasteiger partial charge in [-0.05, 0) is 25.8 Å². The van der Waals surface area contributed by atoms with E-state index in [1.54, 1.807) is 6.92 Å². The topological polar surface area (TPSA) is 39.2 Å². The molecule has 1 aromatic rings. The van der Waals surface area contributed by atoms with E-state index in [9.17, 15) is 9.18 Å². The molecule has 0 amide bonds. The molecule has 80 valence electrons. The molecule has 1 aliphatic rings. The number of hydrogen-bond donors (Lipinski definition) is 0. The van der Waals surface area contributed by atoms with Gasteiger partial charge >= 0.3 is 0 Å². The smallest absolute Gasteiger partial charge is 0.195 e. The maximum absolute atomic E-state index is 12.9. The highest BCUT2D eigenvalue weighted by Gasteiger charge is 2.38. The summed E-state index contributed by atoms with van der Waals surface area (Å²) >= 11 is 0. The summed E-state index contributed by atoms with van der Waals surface area (Å²) in [5.74, 6) is -0.686. The summed E-state index contributed by atoms with van der Waals surface area (Å²) in [6.45, 7) is 2.33. The molecule has 1 unspecified atom stereocenters. The Hall–Kier alpha value is -1.29. The van der Waals surface area contributed by atoms with Gasteiger partial charge in [-0.3, -0.25) is 9.78 Å². The molecule has 2 heterocycles. The molecule has 0 spiro atoms. The first-order chi connectivity index (χ1) is 7.12. The molecule has 0 aliphatic carbocycles. The maximum Gasteiger partial charge on any atom is 0.195 e. The third-order valence-corrected chi connectivity index (χ3v) is 2.67. The Morgan fingerprint density at radius 2 is 2.40 bits per heavy atom. The molecule has 4 heteroatoms. The highest BCUT2D eigenvalue weighted by molar-refractivity contribution is 6.02. The number of carbonyl (C=O) groups excluding carboxylic acids is 1. The number of Topliss-reactive ketones (excluding diaryl/α,β-unsaturated/α-hetero) is 1. The van der Waals surface area contributed by atoms with Crippen molar-refractivity contribution in [2.75, 3.05) is 6.61 Å². The molecule has 1 fully saturated rings. The van der Waals surface area contributed by atoms with Crippen molar-refractivity contribution in [3.05, 3.63) is 29.8 Å². The third kappa shape index (κ3) is 1.90. The van der Waals surface area contributed by atoms with E-state index < -0.39 is 11.4 Å². The fourth-order valence-electron chi connectivity index (χ4n) is 1.80. The van der Waals surface area contributed by atoms with Gasteiger partial charge in [-0.25, -0.2) is 4.39 Å². The van der Waals surface area contributed by atoms with Crippen LogP contribution < -0.4 is 0 Å². The zero-order chi connectivity index (χ0) is 10.9. The van der Waals surface area contributed by atoms with Crippen molar-refractivity contribution in [3.8, 4) is 0 Å². The van der Waals surface area contributed by atoms with Crippen LogP contribution in [-0.2, 0) is 4.74 Å². The van der Waals surface area contributed by atoms with Crippen LogP contribution >= 0.6 is 0 Å². The Morgan fingerprint density at radius 1 is 1.60 bits per heavy atom. The van der Waals surface area contributed by atoms with E-state index in [4.69, 9.17) is 4.74 Å². The Labute approximate surface area is 87.3 Å². The number of ketones is 1. The van der Waals surface area contributed by atoms with Gasteiger partial charge in [0.1, 0.15) is 11.4 Å². The largest absolute Gasteiger partial charge is 0.367 e. The number of halogens is 1. The van der Waals surface area contributed by atoms with E-state index in [1.807, 2.05) is 0 Å². The minimum absolute atomic E-state index is 0.188. The first-order valence-corrected chi connectivity index (χ1v) is 4.91. The molecular formula is C11H12FNO2. The number of rotatable bonds is 2. The molecule has 0 aromatic carbocycles. The molecule has 0 radical (unpaired) electrons. The minimum Gasteiger partial charge on any atom is -0.367 e. The highest BCUT2D eigenvalue weighted by atomic mass is 19.1. The minimum atomic E-state index is -0.796. The summed E-state index contributed by atoms with van der Waals surface area (Å²) in [5.41, 5.74) is -0.519. The van der Waals surface area contributed by atoms with Crippen molar-refractivity contribution >= 4 is 5.78 Å². The Balaban J connectivity index is 2.27. The van der Waals surface area contributed by atoms with Gasteiger partial charge in [0.25, 0.3) is 0 Å². The van der Waals surface area contributed by atoms with Gasteiger partial charge in [-0.1, -0.05) is 0 Å². The zero-order valence-electron chi connectivity index (χ0n) is 8.50. The van der Waals surface area contributed by atoms with Crippen LogP contribution in [0.1, 0.15) is 30.1 Å². The van der Waals surface area contributed by atoms with Gasteiger partial charge in [-0.15, -0.1) is 0 Å². The molecule has 0 bridgehead atoms. The summed E-state index contributed by atoms with van der Waals surface area (Å²) in [7, 11) is 0. The van der Waals surface area contributed by atoms with E-state index in [1.165, 1.54) is 12.3 Å². The fourth-order valence-corrected chi connectivity index (χ4v) is 1.80. The van der Waals surface area contributed by atoms with Crippen LogP contribution in [0.4, 0.5) is 4.39 Å². The Bertz CT molecular complexity index is 386. The van der Waals surface area contributed by atoms with Gasteiger partial charge in [0.05, 0.1) is 6.20 Å². The van der Waals surface area contributed by atoms with Crippen molar-refractivity contribution in [2.24, 2.45) is 0 Å². The van der Waals surface area contributed by atoms with E-state index in [0.29, 0.717) is 13.0 Å². The van der Waals surface area contributed by atoms with Gasteiger partial charge < -0.3 is 4.74 Å². The summed E-state index contributed by atoms with van der Waals surface area (Å²) in [5, 5.41) is 0. The second-order valence-electron chi connectivity index (χ2n) is 3.90. The second-order valence-corrected chi connectivity index (χ2v) is 3.90. The van der Waals surface area contributed by atoms with E-state index in [0.717, 1.165) is 12.6 Å². The van der Waals surface area contributed by atoms with Crippen molar-refractivity contribution in [1.82, 2.24) is 4.98 Å². The Morgan fingerprint density at radius 3 is 3.00 bits per heavy atom. The molecule has 0 N–H and O–H groups in total. The predicted molar refractivity (Wildman–Crippen MR) is 52.1 cm³/mol. The van der Waals surface area contributed by atoms with Gasteiger partial charge in [0, 0.05) is 18.4 Å². The van der Waals surface area contributed by atoms with Crippen molar-refractivity contribution in [1.29, 1.82) is 0 Å². The zero-order valence-corrected chi connectivity index (χ0v) is 8.50. The number of carbonyl (C=O) groups is 1. The molecule has 15 heavy (non-hydrogen) atoms. The average molecular weight is 209 g/mol. The SMILES string of the molecule is CC1(C(=O)c2cncc(F)c2)CCCO1. The Kier molecular flexibility index (Phi) is 2.52. The van der Waals surface area contributed by atoms with Crippen LogP contribution in [0.2, 0.25) is 0 Å². The van der Waals surface area contributed by atoms with Crippen molar-refractivity contribution in [3.63, 3.8) is 0 Å². The summed E-state index contributed by atoms with van der Waals surface area (Å²) < 4.78 is 18.3. The van der Waals surface area contributed by atoms with Crippen LogP contribution in [0.25, 0.3) is 0 Å². The van der Waals surface area contributed by atoms with Gasteiger partial charge in [0.2, 0.25) is 0 Å². The van der Waals surface area contributed by atoms with Crippen molar-refractivity contribution < 1.29 is 13.9 Å². The first-order valence-electron chi connectivity index (χ1n) is 4.91. The average Bonchev–Trinajstić information content (AvgIpc) is 2.65. The monoisotopic (exact) mass is 209 g/mol. The third-order valence-electron chi connectivity index (χ3n) is 2.67. The number of ether oxygens (including phenoxy) is 1. The summed E-state index contributed by atoms with van der Waals surface area (Å²) in [6.07, 6.45) is 4.00. The lowest BCUT2D eigenvalue weighted by Crippen LogP contribution is -2.34. The number of nitrogens with zero attached hydrogens (tertiary/aromatic N) is 1. The van der Waals surface area contributed by atoms with Crippen LogP contribution in [0, 0.1) is 5.82 Å². The molecule has 1 atom stereocenters. The van der Waals surface area contributed by atoms with E-state index in [-0.39, 0.29) is 11.3 Å². The number of hydrogen-bond acceptors (Lipinski definition) is 3. The standard InChI is InChI=1S/C11H12FNO2/c1-11(3-2-4-15-11)10(14)8-5-9(12)7-13-6-8/h5-7H,2-4H2,1H3. The van der Waals surface area contributed by atoms with E-state index in [2.05, 4.69) is 4.98 Å². The lowest BCUT2D eigenvalue weighted by Gasteiger charge is -2.20. The lowest BCUT2D eigenvalue weighted by molar-refractivity contribution is 0.0213. The molecular weight excluding hydrogens is 197 g/mol. The second kappa shape index (κ2) is 3.70. The highest BCUT2D eigenvalue weighted by Crippen LogP contribution is 2.28. The maximum atomic E-state index is 12.9. The fraction of sp³-hybridized carbons (Fsp3) is 0.455. The van der Waals surface area contributed by atoms with Crippen molar-refractivity contribution in [2.45, 2.75) is 25.4 Å². The molecule has 1 aliphatic heterocycles. The number of pyridine rings is 1. The van der Waals surface area contributed by atoms with Crippen LogP contribution in [0.15, 0.2) is 18.5 Å². The van der Waals surface area contributed by atoms with Crippen LogP contribution in [0.5, 0.6) is 0 Å². The van der Waals surface area contributed by atoms with Gasteiger partial charge in [0.15, 0.2) is 5.78 Å². The molecule has 1 aromatic heterocycles. The van der Waals surface area contributed by atoms with Gasteiger partial charge in [-0.2, -0.15) is 0 Å². The first kappa shape index (κ1) is 10.2. The normalized spacial score (nSPS) is 25.5. The lowest BCUT2D eigenvalue weighted by atomic mass is 9.93. The summed E-state index contributed by atoms with van der Waals surface area (Å²) in [4.78, 5) is 15.6. The quantitative estimate of drug-likeness (QED) is 0.699. The predicted octanol–water partition coefficient (Wildman–Crippen LogP) is 1.97. The number of aromatic nitrogens is 1. The van der Waals surface area contributed by atoms with Crippen LogP contribution in [-0.4, -0.2) is 23.0 Å². The molecule has 2 rings (SSSR count). The molecule has 1 saturated heterocycles. The van der Waals surface area contributed by atoms with Crippen LogP contribution in [0.3, 0.4) is 0 Å². The molecule has 0 saturated carbocycles. The van der Waals surface area contributed by atoms with E-state index >= 15 is 0 Å². The summed E-state index contributed by atoms with van der Waals surface area (Å²) in [6, 6.07) is 1.20. The molecule has 3 nitrogen and oxygen atoms in total.